The smallest absolute Gasteiger partial charge is 0.00964 e. The molecule has 0 aromatic heterocycles. The van der Waals surface area contributed by atoms with E-state index in [1.165, 1.54) is 51.9 Å². The van der Waals surface area contributed by atoms with Crippen molar-refractivity contribution in [2.45, 2.75) is 31.7 Å². The van der Waals surface area contributed by atoms with Crippen molar-refractivity contribution in [1.82, 2.24) is 9.80 Å². The first-order valence-electron chi connectivity index (χ1n) is 5.70. The lowest BCUT2D eigenvalue weighted by molar-refractivity contribution is -0.0329. The topological polar surface area (TPSA) is 6.48 Å². The third-order valence-electron chi connectivity index (χ3n) is 4.13. The zero-order valence-corrected chi connectivity index (χ0v) is 8.63. The van der Waals surface area contributed by atoms with Crippen LogP contribution in [0.25, 0.3) is 0 Å². The number of likely N-dealkylation sites (tertiary alicyclic amines) is 2. The van der Waals surface area contributed by atoms with Gasteiger partial charge in [-0.3, -0.25) is 0 Å². The Bertz CT molecular complexity index is 194. The monoisotopic (exact) mass is 180 g/mol. The van der Waals surface area contributed by atoms with Crippen LogP contribution in [-0.2, 0) is 0 Å². The third-order valence-corrected chi connectivity index (χ3v) is 4.13. The van der Waals surface area contributed by atoms with Crippen molar-refractivity contribution < 1.29 is 0 Å². The number of piperidine rings is 1. The Labute approximate surface area is 80.9 Å². The second-order valence-electron chi connectivity index (χ2n) is 5.44. The van der Waals surface area contributed by atoms with Gasteiger partial charge in [0.2, 0.25) is 0 Å². The minimum Gasteiger partial charge on any atom is -0.305 e. The van der Waals surface area contributed by atoms with Crippen LogP contribution in [-0.4, -0.2) is 49.1 Å². The van der Waals surface area contributed by atoms with E-state index >= 15 is 0 Å². The standard InChI is InChI=1S/C11H20N2/c1-12-8-11(9-12)4-6-13(7-5-11)10-2-3-10/h10H,2-9H2,1H3. The Morgan fingerprint density at radius 2 is 1.69 bits per heavy atom. The average Bonchev–Trinajstić information content (AvgIpc) is 2.86. The summed E-state index contributed by atoms with van der Waals surface area (Å²) >= 11 is 0. The molecular weight excluding hydrogens is 160 g/mol. The number of rotatable bonds is 1. The summed E-state index contributed by atoms with van der Waals surface area (Å²) in [5.74, 6) is 0. The summed E-state index contributed by atoms with van der Waals surface area (Å²) in [6, 6.07) is 0.996. The van der Waals surface area contributed by atoms with Gasteiger partial charge in [-0.15, -0.1) is 0 Å². The lowest BCUT2D eigenvalue weighted by Crippen LogP contribution is -2.58. The first-order valence-corrected chi connectivity index (χ1v) is 5.70. The molecule has 2 saturated heterocycles. The van der Waals surface area contributed by atoms with Crippen molar-refractivity contribution in [2.24, 2.45) is 5.41 Å². The molecule has 0 bridgehead atoms. The molecule has 0 amide bonds. The van der Waals surface area contributed by atoms with E-state index in [0.29, 0.717) is 0 Å². The van der Waals surface area contributed by atoms with Crippen molar-refractivity contribution in [3.63, 3.8) is 0 Å². The molecule has 2 nitrogen and oxygen atoms in total. The molecule has 0 N–H and O–H groups in total. The zero-order chi connectivity index (χ0) is 8.89. The number of hydrogen-bond donors (Lipinski definition) is 0. The van der Waals surface area contributed by atoms with Crippen LogP contribution in [0.3, 0.4) is 0 Å². The predicted octanol–water partition coefficient (Wildman–Crippen LogP) is 1.18. The molecule has 74 valence electrons. The first kappa shape index (κ1) is 8.25. The molecule has 1 spiro atoms. The molecule has 2 heterocycles. The van der Waals surface area contributed by atoms with Gasteiger partial charge in [0.25, 0.3) is 0 Å². The highest BCUT2D eigenvalue weighted by atomic mass is 15.2. The van der Waals surface area contributed by atoms with E-state index in [4.69, 9.17) is 0 Å². The highest BCUT2D eigenvalue weighted by Gasteiger charge is 2.44. The van der Waals surface area contributed by atoms with Crippen LogP contribution in [0, 0.1) is 5.41 Å². The molecule has 3 fully saturated rings. The zero-order valence-electron chi connectivity index (χ0n) is 8.63. The Hall–Kier alpha value is -0.0800. The van der Waals surface area contributed by atoms with E-state index in [1.54, 1.807) is 0 Å². The molecule has 2 aliphatic heterocycles. The Morgan fingerprint density at radius 1 is 1.08 bits per heavy atom. The summed E-state index contributed by atoms with van der Waals surface area (Å²) in [4.78, 5) is 5.19. The minimum atomic E-state index is 0.750. The van der Waals surface area contributed by atoms with Gasteiger partial charge in [-0.25, -0.2) is 0 Å². The van der Waals surface area contributed by atoms with Crippen LogP contribution < -0.4 is 0 Å². The number of hydrogen-bond acceptors (Lipinski definition) is 2. The average molecular weight is 180 g/mol. The van der Waals surface area contributed by atoms with Gasteiger partial charge in [-0.05, 0) is 51.2 Å². The van der Waals surface area contributed by atoms with Gasteiger partial charge >= 0.3 is 0 Å². The fraction of sp³-hybridized carbons (Fsp3) is 1.00. The molecule has 1 aliphatic carbocycles. The Morgan fingerprint density at radius 3 is 2.15 bits per heavy atom. The summed E-state index contributed by atoms with van der Waals surface area (Å²) in [5, 5.41) is 0. The quantitative estimate of drug-likeness (QED) is 0.598. The van der Waals surface area contributed by atoms with Crippen molar-refractivity contribution in [2.75, 3.05) is 33.2 Å². The van der Waals surface area contributed by atoms with Gasteiger partial charge in [-0.2, -0.15) is 0 Å². The van der Waals surface area contributed by atoms with Crippen LogP contribution in [0.1, 0.15) is 25.7 Å². The van der Waals surface area contributed by atoms with Crippen LogP contribution in [0.4, 0.5) is 0 Å². The van der Waals surface area contributed by atoms with Crippen molar-refractivity contribution in [3.05, 3.63) is 0 Å². The molecule has 13 heavy (non-hydrogen) atoms. The SMILES string of the molecule is CN1CC2(CCN(C3CC3)CC2)C1. The molecule has 0 unspecified atom stereocenters. The molecule has 3 rings (SSSR count). The molecule has 0 aromatic carbocycles. The molecule has 3 aliphatic rings. The maximum atomic E-state index is 2.73. The van der Waals surface area contributed by atoms with E-state index in [0.717, 1.165) is 11.5 Å². The normalized spacial score (nSPS) is 34.8. The van der Waals surface area contributed by atoms with Gasteiger partial charge < -0.3 is 9.80 Å². The van der Waals surface area contributed by atoms with Crippen LogP contribution in [0.2, 0.25) is 0 Å². The molecule has 0 radical (unpaired) electrons. The lowest BCUT2D eigenvalue weighted by Gasteiger charge is -2.53. The third kappa shape index (κ3) is 1.40. The van der Waals surface area contributed by atoms with E-state index in [9.17, 15) is 0 Å². The van der Waals surface area contributed by atoms with E-state index in [-0.39, 0.29) is 0 Å². The van der Waals surface area contributed by atoms with Crippen molar-refractivity contribution >= 4 is 0 Å². The Kier molecular flexibility index (Phi) is 1.72. The van der Waals surface area contributed by atoms with Gasteiger partial charge in [0, 0.05) is 19.1 Å². The van der Waals surface area contributed by atoms with E-state index < -0.39 is 0 Å². The minimum absolute atomic E-state index is 0.750. The maximum absolute atomic E-state index is 2.73. The summed E-state index contributed by atoms with van der Waals surface area (Å²) in [6.45, 7) is 5.51. The largest absolute Gasteiger partial charge is 0.305 e. The fourth-order valence-electron chi connectivity index (χ4n) is 3.22. The molecule has 1 saturated carbocycles. The van der Waals surface area contributed by atoms with E-state index in [1.807, 2.05) is 0 Å². The first-order chi connectivity index (χ1) is 6.27. The lowest BCUT2D eigenvalue weighted by atomic mass is 9.72. The van der Waals surface area contributed by atoms with Gasteiger partial charge in [-0.1, -0.05) is 0 Å². The van der Waals surface area contributed by atoms with Crippen molar-refractivity contribution in [1.29, 1.82) is 0 Å². The van der Waals surface area contributed by atoms with Crippen LogP contribution in [0.15, 0.2) is 0 Å². The maximum Gasteiger partial charge on any atom is 0.00964 e. The highest BCUT2D eigenvalue weighted by molar-refractivity contribution is 4.99. The van der Waals surface area contributed by atoms with Gasteiger partial charge in [0.05, 0.1) is 0 Å². The second kappa shape index (κ2) is 2.71. The second-order valence-corrected chi connectivity index (χ2v) is 5.44. The summed E-state index contributed by atoms with van der Waals surface area (Å²) in [5.41, 5.74) is 0.750. The van der Waals surface area contributed by atoms with Gasteiger partial charge in [0.15, 0.2) is 0 Å². The molecular formula is C11H20N2. The van der Waals surface area contributed by atoms with Crippen LogP contribution in [0.5, 0.6) is 0 Å². The predicted molar refractivity (Wildman–Crippen MR) is 53.8 cm³/mol. The van der Waals surface area contributed by atoms with E-state index in [2.05, 4.69) is 16.8 Å². The summed E-state index contributed by atoms with van der Waals surface area (Å²) in [6.07, 6.45) is 5.89. The Balaban J connectivity index is 1.55. The number of nitrogens with zero attached hydrogens (tertiary/aromatic N) is 2. The molecule has 0 atom stereocenters. The van der Waals surface area contributed by atoms with Crippen molar-refractivity contribution in [3.8, 4) is 0 Å². The fourth-order valence-corrected chi connectivity index (χ4v) is 3.22. The highest BCUT2D eigenvalue weighted by Crippen LogP contribution is 2.41. The van der Waals surface area contributed by atoms with Gasteiger partial charge in [0.1, 0.15) is 0 Å². The molecule has 0 aromatic rings. The van der Waals surface area contributed by atoms with Crippen LogP contribution >= 0.6 is 0 Å². The summed E-state index contributed by atoms with van der Waals surface area (Å²) in [7, 11) is 2.25. The molecule has 2 heteroatoms. The summed E-state index contributed by atoms with van der Waals surface area (Å²) < 4.78 is 0.